The number of hydrogen-bond acceptors (Lipinski definition) is 4. The van der Waals surface area contributed by atoms with E-state index < -0.39 is 0 Å². The molecule has 8 heteroatoms. The zero-order valence-corrected chi connectivity index (χ0v) is 38.5. The van der Waals surface area contributed by atoms with Crippen molar-refractivity contribution in [1.82, 2.24) is 19.9 Å². The van der Waals surface area contributed by atoms with Crippen LogP contribution in [0.3, 0.4) is 0 Å². The average Bonchev–Trinajstić information content (AvgIpc) is 3.91. The van der Waals surface area contributed by atoms with Crippen LogP contribution in [-0.2, 0) is 0 Å². The Bertz CT molecular complexity index is 1680. The highest BCUT2D eigenvalue weighted by atomic mass is 79.9. The van der Waals surface area contributed by atoms with Gasteiger partial charge in [-0.05, 0) is 188 Å². The second kappa shape index (κ2) is 18.9. The SMILES string of the molecule is CC(C)c1cc(Br)cc(C2CC2)n1.CC(C)c1cc(C2CC2)cc(Br)n1.CC(C)c1ccc(Br)c(C2CC2)n1.CC(C)c1ccc(C2CC2)c(Br)n1. The molecule has 4 aromatic heterocycles. The lowest BCUT2D eigenvalue weighted by molar-refractivity contribution is 0.802. The maximum Gasteiger partial charge on any atom is 0.109 e. The van der Waals surface area contributed by atoms with Crippen molar-refractivity contribution in [3.63, 3.8) is 0 Å². The molecule has 8 rings (SSSR count). The number of pyridine rings is 4. The van der Waals surface area contributed by atoms with E-state index in [1.54, 1.807) is 0 Å². The first-order valence-corrected chi connectivity index (χ1v) is 22.5. The summed E-state index contributed by atoms with van der Waals surface area (Å²) >= 11 is 14.1. The monoisotopic (exact) mass is 956 g/mol. The molecule has 0 amide bonds. The lowest BCUT2D eigenvalue weighted by atomic mass is 10.1. The molecule has 4 nitrogen and oxygen atoms in total. The van der Waals surface area contributed by atoms with E-state index in [-0.39, 0.29) is 0 Å². The van der Waals surface area contributed by atoms with E-state index in [1.165, 1.54) is 106 Å². The normalized spacial score (nSPS) is 16.6. The van der Waals surface area contributed by atoms with Crippen molar-refractivity contribution in [2.24, 2.45) is 0 Å². The number of halogens is 4. The molecule has 4 aliphatic carbocycles. The Labute approximate surface area is 347 Å². The Balaban J connectivity index is 0.000000134. The van der Waals surface area contributed by atoms with Gasteiger partial charge in [0.25, 0.3) is 0 Å². The van der Waals surface area contributed by atoms with Gasteiger partial charge >= 0.3 is 0 Å². The summed E-state index contributed by atoms with van der Waals surface area (Å²) in [6.07, 6.45) is 10.6. The summed E-state index contributed by atoms with van der Waals surface area (Å²) in [6.45, 7) is 17.5. The topological polar surface area (TPSA) is 51.6 Å². The molecular formula is C44H56Br4N4. The van der Waals surface area contributed by atoms with Crippen LogP contribution in [0.15, 0.2) is 66.7 Å². The highest BCUT2D eigenvalue weighted by Crippen LogP contribution is 2.44. The fourth-order valence-corrected chi connectivity index (χ4v) is 7.97. The number of nitrogens with zero attached hydrogens (tertiary/aromatic N) is 4. The smallest absolute Gasteiger partial charge is 0.109 e. The molecule has 0 radical (unpaired) electrons. The predicted octanol–water partition coefficient (Wildman–Crippen LogP) is 15.4. The quantitative estimate of drug-likeness (QED) is 0.165. The van der Waals surface area contributed by atoms with E-state index in [9.17, 15) is 0 Å². The van der Waals surface area contributed by atoms with Gasteiger partial charge in [0, 0.05) is 49.3 Å². The molecule has 0 N–H and O–H groups in total. The van der Waals surface area contributed by atoms with Gasteiger partial charge in [-0.1, -0.05) is 77.4 Å². The van der Waals surface area contributed by atoms with E-state index >= 15 is 0 Å². The Kier molecular flexibility index (Phi) is 15.2. The van der Waals surface area contributed by atoms with Gasteiger partial charge in [-0.3, -0.25) is 9.97 Å². The summed E-state index contributed by atoms with van der Waals surface area (Å²) in [5.74, 6) is 5.17. The zero-order chi connectivity index (χ0) is 37.7. The molecule has 4 heterocycles. The van der Waals surface area contributed by atoms with Gasteiger partial charge in [-0.2, -0.15) is 0 Å². The van der Waals surface area contributed by atoms with Gasteiger partial charge in [0.15, 0.2) is 0 Å². The molecule has 0 spiro atoms. The van der Waals surface area contributed by atoms with Crippen LogP contribution < -0.4 is 0 Å². The molecule has 4 aliphatic rings. The minimum absolute atomic E-state index is 0.518. The molecule has 0 aliphatic heterocycles. The van der Waals surface area contributed by atoms with Gasteiger partial charge < -0.3 is 0 Å². The molecule has 0 bridgehead atoms. The minimum Gasteiger partial charge on any atom is -0.257 e. The molecule has 4 fully saturated rings. The van der Waals surface area contributed by atoms with Crippen molar-refractivity contribution in [1.29, 1.82) is 0 Å². The van der Waals surface area contributed by atoms with E-state index in [2.05, 4.69) is 188 Å². The summed E-state index contributed by atoms with van der Waals surface area (Å²) in [6, 6.07) is 17.3. The van der Waals surface area contributed by atoms with Gasteiger partial charge in [-0.15, -0.1) is 0 Å². The van der Waals surface area contributed by atoms with Gasteiger partial charge in [0.2, 0.25) is 0 Å². The molecule has 0 unspecified atom stereocenters. The van der Waals surface area contributed by atoms with Crippen molar-refractivity contribution in [2.75, 3.05) is 0 Å². The fourth-order valence-electron chi connectivity index (χ4n) is 5.83. The molecule has 0 aromatic carbocycles. The van der Waals surface area contributed by atoms with Crippen LogP contribution in [0, 0.1) is 0 Å². The average molecular weight is 961 g/mol. The second-order valence-electron chi connectivity index (χ2n) is 16.2. The number of aromatic nitrogens is 4. The lowest BCUT2D eigenvalue weighted by Crippen LogP contribution is -1.97. The third-order valence-corrected chi connectivity index (χ3v) is 12.0. The van der Waals surface area contributed by atoms with Crippen LogP contribution in [0.25, 0.3) is 0 Å². The third-order valence-electron chi connectivity index (χ3n) is 9.85. The van der Waals surface area contributed by atoms with Crippen LogP contribution in [0.2, 0.25) is 0 Å². The standard InChI is InChI=1S/4C11H14BrN/c1-7(2)10-5-9(12)6-11(13-10)8-3-4-8;1-7(2)10-5-9(8-3-4-8)6-11(12)13-10;1-7(2)10-6-5-9(12)11(13-10)8-3-4-8;1-7(2)10-6-5-9(8-3-4-8)11(12)13-10/h4*5-8H,3-4H2,1-2H3. The molecule has 4 aromatic rings. The molecular weight excluding hydrogens is 904 g/mol. The molecule has 4 saturated carbocycles. The molecule has 0 atom stereocenters. The first-order valence-electron chi connectivity index (χ1n) is 19.4. The van der Waals surface area contributed by atoms with Crippen LogP contribution in [0.4, 0.5) is 0 Å². The summed E-state index contributed by atoms with van der Waals surface area (Å²) < 4.78 is 4.40. The van der Waals surface area contributed by atoms with Crippen LogP contribution >= 0.6 is 63.7 Å². The van der Waals surface area contributed by atoms with Crippen LogP contribution in [0.5, 0.6) is 0 Å². The van der Waals surface area contributed by atoms with E-state index in [1.807, 2.05) is 0 Å². The Morgan fingerprint density at radius 3 is 1.52 bits per heavy atom. The predicted molar refractivity (Wildman–Crippen MR) is 232 cm³/mol. The Morgan fingerprint density at radius 1 is 0.481 bits per heavy atom. The Morgan fingerprint density at radius 2 is 1.00 bits per heavy atom. The third kappa shape index (κ3) is 12.8. The van der Waals surface area contributed by atoms with Gasteiger partial charge in [0.1, 0.15) is 9.21 Å². The lowest BCUT2D eigenvalue weighted by Gasteiger charge is -2.08. The number of hydrogen-bond donors (Lipinski definition) is 0. The van der Waals surface area contributed by atoms with E-state index in [0.29, 0.717) is 23.7 Å². The molecule has 52 heavy (non-hydrogen) atoms. The summed E-state index contributed by atoms with van der Waals surface area (Å²) in [5, 5.41) is 0. The van der Waals surface area contributed by atoms with Crippen molar-refractivity contribution in [3.8, 4) is 0 Å². The first kappa shape index (κ1) is 41.7. The highest BCUT2D eigenvalue weighted by Gasteiger charge is 2.28. The fraction of sp³-hybridized carbons (Fsp3) is 0.545. The first-order chi connectivity index (χ1) is 24.7. The minimum atomic E-state index is 0.518. The van der Waals surface area contributed by atoms with Crippen LogP contribution in [-0.4, -0.2) is 19.9 Å². The number of rotatable bonds is 8. The van der Waals surface area contributed by atoms with Crippen molar-refractivity contribution >= 4 is 63.7 Å². The van der Waals surface area contributed by atoms with Crippen LogP contribution in [0.1, 0.15) is 199 Å². The summed E-state index contributed by atoms with van der Waals surface area (Å²) in [5.41, 5.74) is 10.2. The Hall–Kier alpha value is -1.48. The maximum atomic E-state index is 4.69. The van der Waals surface area contributed by atoms with Gasteiger partial charge in [-0.25, -0.2) is 9.97 Å². The molecule has 0 saturated heterocycles. The summed E-state index contributed by atoms with van der Waals surface area (Å²) in [4.78, 5) is 18.4. The van der Waals surface area contributed by atoms with E-state index in [0.717, 1.165) is 32.9 Å². The zero-order valence-electron chi connectivity index (χ0n) is 32.2. The molecule has 280 valence electrons. The van der Waals surface area contributed by atoms with Gasteiger partial charge in [0.05, 0.1) is 5.69 Å². The van der Waals surface area contributed by atoms with E-state index in [4.69, 9.17) is 0 Å². The highest BCUT2D eigenvalue weighted by molar-refractivity contribution is 9.11. The summed E-state index contributed by atoms with van der Waals surface area (Å²) in [7, 11) is 0. The van der Waals surface area contributed by atoms with Crippen molar-refractivity contribution < 1.29 is 0 Å². The largest absolute Gasteiger partial charge is 0.257 e. The van der Waals surface area contributed by atoms with Crippen molar-refractivity contribution in [3.05, 3.63) is 112 Å². The second-order valence-corrected chi connectivity index (χ2v) is 19.6. The van der Waals surface area contributed by atoms with Crippen molar-refractivity contribution in [2.45, 2.75) is 154 Å². The maximum absolute atomic E-state index is 4.69.